The van der Waals surface area contributed by atoms with Crippen molar-refractivity contribution in [3.63, 3.8) is 0 Å². The van der Waals surface area contributed by atoms with Gasteiger partial charge < -0.3 is 4.42 Å². The number of benzene rings is 3. The highest BCUT2D eigenvalue weighted by atomic mass is 16.3. The van der Waals surface area contributed by atoms with Crippen LogP contribution in [-0.2, 0) is 0 Å². The van der Waals surface area contributed by atoms with Crippen LogP contribution in [-0.4, -0.2) is 11.6 Å². The van der Waals surface area contributed by atoms with Gasteiger partial charge in [0.25, 0.3) is 0 Å². The first-order chi connectivity index (χ1) is 13.8. The number of rotatable bonds is 5. The monoisotopic (exact) mass is 366 g/mol. The summed E-state index contributed by atoms with van der Waals surface area (Å²) in [5, 5.41) is 4.38. The summed E-state index contributed by atoms with van der Waals surface area (Å²) >= 11 is 0. The maximum Gasteiger partial charge on any atom is 0.307 e. The molecule has 0 aliphatic heterocycles. The van der Waals surface area contributed by atoms with E-state index in [9.17, 15) is 4.79 Å². The summed E-state index contributed by atoms with van der Waals surface area (Å²) in [7, 11) is 0. The van der Waals surface area contributed by atoms with Crippen LogP contribution < -0.4 is 5.43 Å². The van der Waals surface area contributed by atoms with Crippen LogP contribution in [0, 0.1) is 0 Å². The second-order valence-electron chi connectivity index (χ2n) is 6.19. The lowest BCUT2D eigenvalue weighted by Gasteiger charge is -2.09. The Kier molecular flexibility index (Phi) is 5.11. The fourth-order valence-electron chi connectivity index (χ4n) is 2.91. The van der Waals surface area contributed by atoms with Crippen LogP contribution in [0.15, 0.2) is 113 Å². The molecule has 1 aromatic heterocycles. The molecule has 0 atom stereocenters. The van der Waals surface area contributed by atoms with E-state index in [0.29, 0.717) is 5.71 Å². The third kappa shape index (κ3) is 3.91. The van der Waals surface area contributed by atoms with Crippen LogP contribution in [0.4, 0.5) is 0 Å². The van der Waals surface area contributed by atoms with Crippen LogP contribution in [0.1, 0.15) is 21.7 Å². The van der Waals surface area contributed by atoms with Crippen LogP contribution in [0.25, 0.3) is 11.1 Å². The molecule has 0 saturated carbocycles. The van der Waals surface area contributed by atoms with Crippen molar-refractivity contribution in [3.8, 4) is 11.1 Å². The zero-order valence-corrected chi connectivity index (χ0v) is 15.1. The van der Waals surface area contributed by atoms with E-state index in [1.54, 1.807) is 12.1 Å². The predicted molar refractivity (Wildman–Crippen MR) is 110 cm³/mol. The van der Waals surface area contributed by atoms with Gasteiger partial charge in [-0.25, -0.2) is 5.43 Å². The van der Waals surface area contributed by atoms with E-state index < -0.39 is 0 Å². The SMILES string of the molecule is O=C(N/N=C(\c1ccccc1)c1ccc(-c2ccccc2)cc1)c1ccco1. The molecule has 136 valence electrons. The summed E-state index contributed by atoms with van der Waals surface area (Å²) in [6, 6.07) is 31.3. The number of furan rings is 1. The zero-order chi connectivity index (χ0) is 19.2. The lowest BCUT2D eigenvalue weighted by Crippen LogP contribution is -2.20. The summed E-state index contributed by atoms with van der Waals surface area (Å²) in [4.78, 5) is 12.2. The molecule has 0 saturated heterocycles. The van der Waals surface area contributed by atoms with Gasteiger partial charge in [0.05, 0.1) is 12.0 Å². The number of nitrogens with zero attached hydrogens (tertiary/aromatic N) is 1. The largest absolute Gasteiger partial charge is 0.459 e. The average Bonchev–Trinajstić information content (AvgIpc) is 3.31. The van der Waals surface area contributed by atoms with Crippen LogP contribution in [0.2, 0.25) is 0 Å². The lowest BCUT2D eigenvalue weighted by molar-refractivity contribution is 0.0927. The van der Waals surface area contributed by atoms with E-state index in [1.807, 2.05) is 60.7 Å². The van der Waals surface area contributed by atoms with Crippen LogP contribution in [0.5, 0.6) is 0 Å². The smallest absolute Gasteiger partial charge is 0.307 e. The minimum atomic E-state index is -0.390. The molecule has 3 aromatic carbocycles. The number of hydrogen-bond donors (Lipinski definition) is 1. The second kappa shape index (κ2) is 8.18. The molecule has 0 bridgehead atoms. The number of hydrogen-bond acceptors (Lipinski definition) is 3. The van der Waals surface area contributed by atoms with Crippen molar-refractivity contribution >= 4 is 11.6 Å². The van der Waals surface area contributed by atoms with Gasteiger partial charge in [0, 0.05) is 11.1 Å². The Morgan fingerprint density at radius 1 is 0.679 bits per heavy atom. The first-order valence-electron chi connectivity index (χ1n) is 8.94. The molecule has 4 nitrogen and oxygen atoms in total. The van der Waals surface area contributed by atoms with Gasteiger partial charge in [-0.2, -0.15) is 5.10 Å². The number of carbonyl (C=O) groups is 1. The zero-order valence-electron chi connectivity index (χ0n) is 15.1. The Bertz CT molecular complexity index is 1070. The van der Waals surface area contributed by atoms with Gasteiger partial charge in [0.1, 0.15) is 0 Å². The summed E-state index contributed by atoms with van der Waals surface area (Å²) in [6.07, 6.45) is 1.46. The summed E-state index contributed by atoms with van der Waals surface area (Å²) in [6.45, 7) is 0. The molecule has 0 spiro atoms. The molecule has 4 rings (SSSR count). The number of hydrazone groups is 1. The van der Waals surface area contributed by atoms with Crippen molar-refractivity contribution in [2.24, 2.45) is 5.10 Å². The Morgan fingerprint density at radius 3 is 1.93 bits per heavy atom. The molecule has 1 heterocycles. The van der Waals surface area contributed by atoms with Gasteiger partial charge in [-0.1, -0.05) is 84.9 Å². The normalized spacial score (nSPS) is 11.2. The van der Waals surface area contributed by atoms with Crippen molar-refractivity contribution in [1.82, 2.24) is 5.43 Å². The molecule has 0 aliphatic rings. The molecule has 28 heavy (non-hydrogen) atoms. The molecule has 4 heteroatoms. The molecule has 0 radical (unpaired) electrons. The van der Waals surface area contributed by atoms with Gasteiger partial charge in [0.15, 0.2) is 5.76 Å². The van der Waals surface area contributed by atoms with E-state index >= 15 is 0 Å². The highest BCUT2D eigenvalue weighted by Crippen LogP contribution is 2.20. The maximum absolute atomic E-state index is 12.2. The van der Waals surface area contributed by atoms with Gasteiger partial charge >= 0.3 is 5.91 Å². The van der Waals surface area contributed by atoms with Crippen LogP contribution in [0.3, 0.4) is 0 Å². The Labute approximate surface area is 163 Å². The van der Waals surface area contributed by atoms with E-state index in [-0.39, 0.29) is 11.7 Å². The number of carbonyl (C=O) groups excluding carboxylic acids is 1. The van der Waals surface area contributed by atoms with E-state index in [4.69, 9.17) is 4.42 Å². The third-order valence-electron chi connectivity index (χ3n) is 4.33. The lowest BCUT2D eigenvalue weighted by atomic mass is 9.99. The first-order valence-corrected chi connectivity index (χ1v) is 8.94. The molecule has 1 amide bonds. The van der Waals surface area contributed by atoms with Crippen LogP contribution >= 0.6 is 0 Å². The molecule has 0 fully saturated rings. The maximum atomic E-state index is 12.2. The minimum absolute atomic E-state index is 0.218. The molecule has 0 aliphatic carbocycles. The predicted octanol–water partition coefficient (Wildman–Crippen LogP) is 5.13. The molecular weight excluding hydrogens is 348 g/mol. The summed E-state index contributed by atoms with van der Waals surface area (Å²) in [5.41, 5.74) is 7.36. The number of nitrogens with one attached hydrogen (secondary N) is 1. The fourth-order valence-corrected chi connectivity index (χ4v) is 2.91. The van der Waals surface area contributed by atoms with Crippen molar-refractivity contribution in [1.29, 1.82) is 0 Å². The van der Waals surface area contributed by atoms with Crippen molar-refractivity contribution in [2.75, 3.05) is 0 Å². The van der Waals surface area contributed by atoms with E-state index in [2.05, 4.69) is 34.8 Å². The summed E-state index contributed by atoms with van der Waals surface area (Å²) in [5.74, 6) is -0.171. The van der Waals surface area contributed by atoms with Gasteiger partial charge in [0.2, 0.25) is 0 Å². The van der Waals surface area contributed by atoms with Gasteiger partial charge in [-0.05, 0) is 23.3 Å². The highest BCUT2D eigenvalue weighted by molar-refractivity contribution is 6.13. The molecule has 1 N–H and O–H groups in total. The highest BCUT2D eigenvalue weighted by Gasteiger charge is 2.11. The third-order valence-corrected chi connectivity index (χ3v) is 4.33. The van der Waals surface area contributed by atoms with Crippen molar-refractivity contribution in [2.45, 2.75) is 0 Å². The average molecular weight is 366 g/mol. The Hall–Kier alpha value is -3.92. The van der Waals surface area contributed by atoms with E-state index in [0.717, 1.165) is 22.3 Å². The fraction of sp³-hybridized carbons (Fsp3) is 0. The van der Waals surface area contributed by atoms with E-state index in [1.165, 1.54) is 6.26 Å². The molecule has 4 aromatic rings. The Balaban J connectivity index is 1.66. The first kappa shape index (κ1) is 17.5. The topological polar surface area (TPSA) is 54.6 Å². The molecule has 0 unspecified atom stereocenters. The summed E-state index contributed by atoms with van der Waals surface area (Å²) < 4.78 is 5.12. The van der Waals surface area contributed by atoms with Gasteiger partial charge in [-0.3, -0.25) is 4.79 Å². The van der Waals surface area contributed by atoms with Crippen molar-refractivity contribution < 1.29 is 9.21 Å². The second-order valence-corrected chi connectivity index (χ2v) is 6.19. The quantitative estimate of drug-likeness (QED) is 0.393. The molecular formula is C24H18N2O2. The minimum Gasteiger partial charge on any atom is -0.459 e. The Morgan fingerprint density at radius 2 is 1.29 bits per heavy atom. The van der Waals surface area contributed by atoms with Crippen molar-refractivity contribution in [3.05, 3.63) is 120 Å². The van der Waals surface area contributed by atoms with Gasteiger partial charge in [-0.15, -0.1) is 0 Å². The standard InChI is InChI=1S/C24H18N2O2/c27-24(22-12-7-17-28-22)26-25-23(20-10-5-2-6-11-20)21-15-13-19(14-16-21)18-8-3-1-4-9-18/h1-17H,(H,26,27)/b25-23+. The number of amides is 1.